The molecule has 1 fully saturated rings. The summed E-state index contributed by atoms with van der Waals surface area (Å²) in [6, 6.07) is 4.98. The number of benzene rings is 1. The Balaban J connectivity index is 1.89. The zero-order chi connectivity index (χ0) is 16.1. The van der Waals surface area contributed by atoms with Gasteiger partial charge in [-0.3, -0.25) is 4.90 Å². The number of aliphatic hydroxyl groups is 1. The third kappa shape index (κ3) is 4.49. The maximum absolute atomic E-state index is 12.3. The number of nitrogens with one attached hydrogen (secondary N) is 1. The number of hydrogen-bond donors (Lipinski definition) is 2. The zero-order valence-electron chi connectivity index (χ0n) is 12.6. The number of hydrogen-bond acceptors (Lipinski definition) is 3. The average Bonchev–Trinajstić information content (AvgIpc) is 2.48. The number of nitrogens with zero attached hydrogens (tertiary/aromatic N) is 2. The van der Waals surface area contributed by atoms with E-state index in [1.165, 1.54) is 0 Å². The molecule has 1 aliphatic rings. The first kappa shape index (κ1) is 17.3. The summed E-state index contributed by atoms with van der Waals surface area (Å²) in [5, 5.41) is 13.1. The van der Waals surface area contributed by atoms with E-state index in [2.05, 4.69) is 17.1 Å². The smallest absolute Gasteiger partial charge is 0.321 e. The number of amides is 2. The molecule has 2 N–H and O–H groups in total. The summed E-state index contributed by atoms with van der Waals surface area (Å²) in [5.41, 5.74) is 0.590. The molecule has 1 heterocycles. The van der Waals surface area contributed by atoms with Crippen molar-refractivity contribution in [3.63, 3.8) is 0 Å². The van der Waals surface area contributed by atoms with Crippen molar-refractivity contribution in [2.75, 3.05) is 38.1 Å². The molecule has 1 unspecified atom stereocenters. The fourth-order valence-electron chi connectivity index (χ4n) is 2.62. The lowest BCUT2D eigenvalue weighted by Gasteiger charge is -2.38. The molecule has 2 rings (SSSR count). The number of urea groups is 1. The summed E-state index contributed by atoms with van der Waals surface area (Å²) in [5.74, 6) is 0. The zero-order valence-corrected chi connectivity index (χ0v) is 14.1. The molecule has 0 saturated carbocycles. The first-order chi connectivity index (χ1) is 10.5. The van der Waals surface area contributed by atoms with Gasteiger partial charge in [-0.15, -0.1) is 0 Å². The van der Waals surface area contributed by atoms with Crippen molar-refractivity contribution in [1.82, 2.24) is 9.80 Å². The van der Waals surface area contributed by atoms with Crippen molar-refractivity contribution >= 4 is 34.9 Å². The molecule has 1 atom stereocenters. The highest BCUT2D eigenvalue weighted by Crippen LogP contribution is 2.22. The van der Waals surface area contributed by atoms with Crippen LogP contribution in [0, 0.1) is 0 Å². The molecule has 2 amide bonds. The van der Waals surface area contributed by atoms with E-state index in [9.17, 15) is 9.90 Å². The van der Waals surface area contributed by atoms with E-state index in [4.69, 9.17) is 23.2 Å². The highest BCUT2D eigenvalue weighted by Gasteiger charge is 2.24. The molecular formula is C15H21Cl2N3O2. The Morgan fingerprint density at radius 2 is 1.82 bits per heavy atom. The van der Waals surface area contributed by atoms with Gasteiger partial charge in [0.05, 0.1) is 6.61 Å². The largest absolute Gasteiger partial charge is 0.395 e. The molecular weight excluding hydrogens is 325 g/mol. The summed E-state index contributed by atoms with van der Waals surface area (Å²) in [7, 11) is 0. The lowest BCUT2D eigenvalue weighted by Crippen LogP contribution is -2.53. The molecule has 1 saturated heterocycles. The maximum Gasteiger partial charge on any atom is 0.321 e. The van der Waals surface area contributed by atoms with Crippen molar-refractivity contribution < 1.29 is 9.90 Å². The van der Waals surface area contributed by atoms with Crippen molar-refractivity contribution in [1.29, 1.82) is 0 Å². The predicted molar refractivity (Wildman–Crippen MR) is 89.8 cm³/mol. The second kappa shape index (κ2) is 8.02. The van der Waals surface area contributed by atoms with Gasteiger partial charge >= 0.3 is 6.03 Å². The summed E-state index contributed by atoms with van der Waals surface area (Å²) in [4.78, 5) is 16.2. The van der Waals surface area contributed by atoms with E-state index in [1.807, 2.05) is 0 Å². The molecule has 0 spiro atoms. The van der Waals surface area contributed by atoms with Gasteiger partial charge in [-0.05, 0) is 24.6 Å². The topological polar surface area (TPSA) is 55.8 Å². The molecule has 0 bridgehead atoms. The molecule has 0 aromatic heterocycles. The molecule has 22 heavy (non-hydrogen) atoms. The van der Waals surface area contributed by atoms with E-state index in [0.29, 0.717) is 28.8 Å². The number of aliphatic hydroxyl groups excluding tert-OH is 1. The van der Waals surface area contributed by atoms with Crippen LogP contribution in [0.25, 0.3) is 0 Å². The van der Waals surface area contributed by atoms with Gasteiger partial charge in [0.25, 0.3) is 0 Å². The van der Waals surface area contributed by atoms with Gasteiger partial charge in [0.2, 0.25) is 0 Å². The Hall–Kier alpha value is -1.01. The number of anilines is 1. The Bertz CT molecular complexity index is 495. The molecule has 122 valence electrons. The van der Waals surface area contributed by atoms with Gasteiger partial charge in [-0.25, -0.2) is 4.79 Å². The fourth-order valence-corrected chi connectivity index (χ4v) is 3.15. The Morgan fingerprint density at radius 3 is 2.32 bits per heavy atom. The Labute approximate surface area is 140 Å². The van der Waals surface area contributed by atoms with Crippen LogP contribution in [-0.2, 0) is 0 Å². The first-order valence-corrected chi connectivity index (χ1v) is 8.16. The fraction of sp³-hybridized carbons (Fsp3) is 0.533. The van der Waals surface area contributed by atoms with Crippen LogP contribution in [0.4, 0.5) is 10.5 Å². The van der Waals surface area contributed by atoms with E-state index in [-0.39, 0.29) is 18.7 Å². The van der Waals surface area contributed by atoms with Crippen LogP contribution in [-0.4, -0.2) is 59.8 Å². The minimum absolute atomic E-state index is 0.156. The van der Waals surface area contributed by atoms with Crippen LogP contribution in [0.3, 0.4) is 0 Å². The van der Waals surface area contributed by atoms with Crippen LogP contribution < -0.4 is 5.32 Å². The molecule has 1 aromatic carbocycles. The molecule has 5 nitrogen and oxygen atoms in total. The highest BCUT2D eigenvalue weighted by molar-refractivity contribution is 6.35. The maximum atomic E-state index is 12.3. The third-order valence-corrected chi connectivity index (χ3v) is 4.35. The highest BCUT2D eigenvalue weighted by atomic mass is 35.5. The number of piperazine rings is 1. The minimum Gasteiger partial charge on any atom is -0.395 e. The monoisotopic (exact) mass is 345 g/mol. The summed E-state index contributed by atoms with van der Waals surface area (Å²) in [6.07, 6.45) is 0.906. The van der Waals surface area contributed by atoms with E-state index in [0.717, 1.165) is 19.5 Å². The van der Waals surface area contributed by atoms with Gasteiger partial charge in [0, 0.05) is 48.0 Å². The Morgan fingerprint density at radius 1 is 1.23 bits per heavy atom. The summed E-state index contributed by atoms with van der Waals surface area (Å²) < 4.78 is 0. The second-order valence-corrected chi connectivity index (χ2v) is 6.23. The van der Waals surface area contributed by atoms with Crippen LogP contribution in [0.5, 0.6) is 0 Å². The Kier molecular flexibility index (Phi) is 6.32. The van der Waals surface area contributed by atoms with Gasteiger partial charge in [-0.1, -0.05) is 30.1 Å². The van der Waals surface area contributed by atoms with Crippen molar-refractivity contribution in [3.8, 4) is 0 Å². The van der Waals surface area contributed by atoms with Crippen LogP contribution in [0.1, 0.15) is 13.3 Å². The van der Waals surface area contributed by atoms with Crippen LogP contribution >= 0.6 is 23.2 Å². The average molecular weight is 346 g/mol. The lowest BCUT2D eigenvalue weighted by molar-refractivity contribution is 0.0766. The van der Waals surface area contributed by atoms with Gasteiger partial charge in [0.1, 0.15) is 0 Å². The molecule has 7 heteroatoms. The van der Waals surface area contributed by atoms with Crippen LogP contribution in [0.2, 0.25) is 10.0 Å². The van der Waals surface area contributed by atoms with E-state index in [1.54, 1.807) is 23.1 Å². The van der Waals surface area contributed by atoms with Crippen molar-refractivity contribution in [2.45, 2.75) is 19.4 Å². The number of rotatable bonds is 4. The third-order valence-electron chi connectivity index (χ3n) is 3.91. The van der Waals surface area contributed by atoms with Gasteiger partial charge < -0.3 is 15.3 Å². The quantitative estimate of drug-likeness (QED) is 0.881. The molecule has 0 radical (unpaired) electrons. The number of halogens is 2. The van der Waals surface area contributed by atoms with Crippen molar-refractivity contribution in [3.05, 3.63) is 28.2 Å². The van der Waals surface area contributed by atoms with Gasteiger partial charge in [-0.2, -0.15) is 0 Å². The number of carbonyl (C=O) groups excluding carboxylic acids is 1. The van der Waals surface area contributed by atoms with Crippen LogP contribution in [0.15, 0.2) is 18.2 Å². The van der Waals surface area contributed by atoms with Gasteiger partial charge in [0.15, 0.2) is 0 Å². The lowest BCUT2D eigenvalue weighted by atomic mass is 10.2. The standard InChI is InChI=1S/C15H21Cl2N3O2/c1-2-14(10-21)19-3-5-20(6-4-19)15(22)18-13-8-11(16)7-12(17)9-13/h7-9,14,21H,2-6,10H2,1H3,(H,18,22). The minimum atomic E-state index is -0.157. The second-order valence-electron chi connectivity index (χ2n) is 5.36. The summed E-state index contributed by atoms with van der Waals surface area (Å²) >= 11 is 11.9. The normalized spacial score (nSPS) is 17.4. The van der Waals surface area contributed by atoms with E-state index < -0.39 is 0 Å². The van der Waals surface area contributed by atoms with E-state index >= 15 is 0 Å². The molecule has 0 aliphatic carbocycles. The SMILES string of the molecule is CCC(CO)N1CCN(C(=O)Nc2cc(Cl)cc(Cl)c2)CC1. The van der Waals surface area contributed by atoms with Crippen molar-refractivity contribution in [2.24, 2.45) is 0 Å². The number of carbonyl (C=O) groups is 1. The summed E-state index contributed by atoms with van der Waals surface area (Å²) in [6.45, 7) is 5.02. The first-order valence-electron chi connectivity index (χ1n) is 7.40. The molecule has 1 aliphatic heterocycles. The molecule has 1 aromatic rings. The predicted octanol–water partition coefficient (Wildman–Crippen LogP) is 2.91.